The maximum atomic E-state index is 11.7. The third-order valence-electron chi connectivity index (χ3n) is 13.3. The van der Waals surface area contributed by atoms with Gasteiger partial charge in [-0.15, -0.1) is 0 Å². The molecule has 0 fully saturated rings. The largest absolute Gasteiger partial charge is 0.508 e. The van der Waals surface area contributed by atoms with Gasteiger partial charge in [-0.05, 0) is 132 Å². The minimum absolute atomic E-state index is 0.00231. The van der Waals surface area contributed by atoms with Crippen LogP contribution in [0.2, 0.25) is 0 Å². The highest BCUT2D eigenvalue weighted by Crippen LogP contribution is 2.37. The lowest BCUT2D eigenvalue weighted by atomic mass is 9.98. The first kappa shape index (κ1) is 79.7. The Kier molecular flexibility index (Phi) is 35.6. The van der Waals surface area contributed by atoms with Crippen LogP contribution in [0.25, 0.3) is 0 Å². The summed E-state index contributed by atoms with van der Waals surface area (Å²) in [4.78, 5) is 77.7. The predicted molar refractivity (Wildman–Crippen MR) is 359 cm³/mol. The van der Waals surface area contributed by atoms with Crippen LogP contribution in [-0.2, 0) is 14.4 Å². The van der Waals surface area contributed by atoms with Crippen LogP contribution in [0.4, 0.5) is 17.1 Å². The van der Waals surface area contributed by atoms with Crippen molar-refractivity contribution in [3.63, 3.8) is 0 Å². The standard InChI is InChI=1S/C12H16O3.2C10H14N2O.C10H12O4.C10H12O3.C9H12N2O.C9H10O3/c1-7(2)6-11(14)9-4-5-10(13)8(3)12(9)15;1-8-3-2-4-9(5-8)12-7-10(13)6-11;1-8-4-2-3-5-10(8)12-7-9(13)6-11;1-3-6(11)9-8(13)4-7(12)5(2)10(9)14;1-3-8(11)7-4-5-9(12)6(2)10(7)13;10-6-9(12)7-11-8-4-2-1-3-5-8;1-5-8(11)4-3-7(6(2)10)9(5)12/h4-5,7,13,15H,6H2,1-3H3;2*2-5,12H,6-7,11H2,1H3;4,12-14H,3H2,1-2H3;4-5,12-13H,3H2,1-2H3;1-5,11H,6-7,10H2;3-4,11-12H,1-2H3. The molecule has 0 saturated heterocycles. The minimum Gasteiger partial charge on any atom is -0.508 e. The van der Waals surface area contributed by atoms with Crippen molar-refractivity contribution in [3.8, 4) is 51.7 Å². The highest BCUT2D eigenvalue weighted by Gasteiger charge is 2.20. The number of anilines is 3. The Morgan fingerprint density at radius 2 is 0.815 bits per heavy atom. The Hall–Kier alpha value is -10.3. The number of rotatable bonds is 20. The van der Waals surface area contributed by atoms with Gasteiger partial charge in [0.25, 0.3) is 0 Å². The van der Waals surface area contributed by atoms with Crippen LogP contribution >= 0.6 is 0 Å². The third-order valence-corrected chi connectivity index (χ3v) is 13.3. The molecule has 18 N–H and O–H groups in total. The Balaban J connectivity index is 0.000000537. The number of hydrogen-bond acceptors (Lipinski definition) is 22. The molecule has 0 radical (unpaired) electrons. The van der Waals surface area contributed by atoms with Gasteiger partial charge in [-0.2, -0.15) is 0 Å². The summed E-state index contributed by atoms with van der Waals surface area (Å²) in [5.74, 6) is -1.81. The molecule has 22 heteroatoms. The van der Waals surface area contributed by atoms with Crippen LogP contribution in [-0.4, -0.2) is 126 Å². The van der Waals surface area contributed by atoms with Gasteiger partial charge in [-0.1, -0.05) is 76.2 Å². The Morgan fingerprint density at radius 1 is 0.413 bits per heavy atom. The molecule has 0 atom stereocenters. The minimum atomic E-state index is -0.391. The molecule has 0 aliphatic heterocycles. The molecular formula is C70H90N6O16. The summed E-state index contributed by atoms with van der Waals surface area (Å²) in [5, 5.41) is 93.3. The lowest BCUT2D eigenvalue weighted by molar-refractivity contribution is -0.116. The Morgan fingerprint density at radius 3 is 1.25 bits per heavy atom. The average Bonchev–Trinajstić information content (AvgIpc) is 0.965. The highest BCUT2D eigenvalue weighted by molar-refractivity contribution is 6.02. The van der Waals surface area contributed by atoms with Crippen LogP contribution in [0.1, 0.15) is 129 Å². The highest BCUT2D eigenvalue weighted by atomic mass is 16.3. The van der Waals surface area contributed by atoms with E-state index in [0.29, 0.717) is 54.7 Å². The lowest BCUT2D eigenvalue weighted by Gasteiger charge is -2.09. The Labute approximate surface area is 537 Å². The molecule has 7 aromatic rings. The molecule has 0 aliphatic carbocycles. The Bertz CT molecular complexity index is 3590. The fourth-order valence-electron chi connectivity index (χ4n) is 7.56. The van der Waals surface area contributed by atoms with Crippen molar-refractivity contribution >= 4 is 57.5 Å². The fourth-order valence-corrected chi connectivity index (χ4v) is 7.56. The molecule has 0 aromatic heterocycles. The molecule has 7 rings (SSSR count). The number of aryl methyl sites for hydroxylation is 2. The SMILES string of the molecule is CC(=O)c1ccc(O)c(C)c1O.CCC(=O)c1c(O)cc(O)c(C)c1O.CCC(=O)c1ccc(O)c(C)c1O.Cc1c(O)ccc(C(=O)CC(C)C)c1O.Cc1cccc(NCC(=O)CN)c1.Cc1ccccc1NCC(=O)CN.NCC(=O)CNc1ccccc1. The second-order valence-corrected chi connectivity index (χ2v) is 21.1. The quantitative estimate of drug-likeness (QED) is 0.0315. The summed E-state index contributed by atoms with van der Waals surface area (Å²) in [6.45, 7) is 20.0. The number of carbonyl (C=O) groups excluding carboxylic acids is 7. The van der Waals surface area contributed by atoms with E-state index < -0.39 is 5.75 Å². The number of phenols is 9. The number of Topliss-reactive ketones (excluding diaryl/α,β-unsaturated/α-hetero) is 7. The van der Waals surface area contributed by atoms with Crippen molar-refractivity contribution < 1.29 is 79.5 Å². The summed E-state index contributed by atoms with van der Waals surface area (Å²) in [5.41, 5.74) is 22.6. The van der Waals surface area contributed by atoms with Crippen LogP contribution in [0, 0.1) is 47.5 Å². The number of nitrogens with two attached hydrogens (primary N) is 3. The van der Waals surface area contributed by atoms with Crippen molar-refractivity contribution in [2.45, 2.75) is 95.4 Å². The average molecular weight is 1270 g/mol. The first-order valence-electron chi connectivity index (χ1n) is 29.3. The molecule has 0 bridgehead atoms. The van der Waals surface area contributed by atoms with Gasteiger partial charge in [0.05, 0.1) is 56.0 Å². The van der Waals surface area contributed by atoms with E-state index in [-0.39, 0.29) is 141 Å². The molecule has 496 valence electrons. The van der Waals surface area contributed by atoms with Gasteiger partial charge in [0.15, 0.2) is 40.5 Å². The first-order valence-corrected chi connectivity index (χ1v) is 29.3. The zero-order valence-electron chi connectivity index (χ0n) is 54.1. The molecule has 0 spiro atoms. The van der Waals surface area contributed by atoms with E-state index in [0.717, 1.165) is 28.7 Å². The predicted octanol–water partition coefficient (Wildman–Crippen LogP) is 10.4. The third kappa shape index (κ3) is 27.2. The van der Waals surface area contributed by atoms with Gasteiger partial charge in [-0.3, -0.25) is 33.6 Å². The first-order chi connectivity index (χ1) is 43.3. The molecule has 0 heterocycles. The van der Waals surface area contributed by atoms with Gasteiger partial charge in [0, 0.05) is 64.6 Å². The lowest BCUT2D eigenvalue weighted by Crippen LogP contribution is -2.22. The molecule has 0 unspecified atom stereocenters. The zero-order chi connectivity index (χ0) is 69.9. The van der Waals surface area contributed by atoms with Crippen LogP contribution in [0.5, 0.6) is 51.7 Å². The number of benzene rings is 7. The van der Waals surface area contributed by atoms with Crippen molar-refractivity contribution in [2.75, 3.05) is 55.2 Å². The summed E-state index contributed by atoms with van der Waals surface area (Å²) >= 11 is 0. The smallest absolute Gasteiger partial charge is 0.170 e. The maximum Gasteiger partial charge on any atom is 0.170 e. The molecule has 7 aromatic carbocycles. The molecule has 0 aliphatic rings. The monoisotopic (exact) mass is 1270 g/mol. The van der Waals surface area contributed by atoms with Crippen molar-refractivity contribution in [1.82, 2.24) is 0 Å². The molecular weight excluding hydrogens is 1180 g/mol. The molecule has 0 saturated carbocycles. The summed E-state index contributed by atoms with van der Waals surface area (Å²) < 4.78 is 0. The van der Waals surface area contributed by atoms with E-state index >= 15 is 0 Å². The van der Waals surface area contributed by atoms with Gasteiger partial charge in [0.1, 0.15) is 57.3 Å². The van der Waals surface area contributed by atoms with Crippen LogP contribution in [0.15, 0.2) is 121 Å². The summed E-state index contributed by atoms with van der Waals surface area (Å²) in [6.07, 6.45) is 0.931. The van der Waals surface area contributed by atoms with E-state index in [2.05, 4.69) is 16.0 Å². The second kappa shape index (κ2) is 41.1. The van der Waals surface area contributed by atoms with Crippen molar-refractivity contribution in [3.05, 3.63) is 177 Å². The molecule has 0 amide bonds. The van der Waals surface area contributed by atoms with Gasteiger partial charge < -0.3 is 79.1 Å². The summed E-state index contributed by atoms with van der Waals surface area (Å²) in [7, 11) is 0. The zero-order valence-corrected chi connectivity index (χ0v) is 54.1. The van der Waals surface area contributed by atoms with Crippen molar-refractivity contribution in [1.29, 1.82) is 0 Å². The number of phenolic OH excluding ortho intramolecular Hbond substituents is 9. The number of carbonyl (C=O) groups is 7. The van der Waals surface area contributed by atoms with E-state index in [4.69, 9.17) is 22.3 Å². The van der Waals surface area contributed by atoms with Gasteiger partial charge >= 0.3 is 0 Å². The fraction of sp³-hybridized carbons (Fsp3) is 0.300. The maximum absolute atomic E-state index is 11.7. The normalized spacial score (nSPS) is 9.95. The number of hydrogen-bond donors (Lipinski definition) is 15. The second-order valence-electron chi connectivity index (χ2n) is 21.1. The molecule has 92 heavy (non-hydrogen) atoms. The number of aromatic hydroxyl groups is 9. The molecule has 22 nitrogen and oxygen atoms in total. The summed E-state index contributed by atoms with van der Waals surface area (Å²) in [6, 6.07) is 34.9. The topological polar surface area (TPSA) is 416 Å². The van der Waals surface area contributed by atoms with E-state index in [1.165, 1.54) is 55.8 Å². The van der Waals surface area contributed by atoms with Gasteiger partial charge in [-0.25, -0.2) is 0 Å². The van der Waals surface area contributed by atoms with Crippen molar-refractivity contribution in [2.24, 2.45) is 23.1 Å². The number of para-hydroxylation sites is 2. The van der Waals surface area contributed by atoms with Crippen LogP contribution in [0.3, 0.4) is 0 Å². The van der Waals surface area contributed by atoms with Crippen LogP contribution < -0.4 is 33.2 Å². The van der Waals surface area contributed by atoms with E-state index in [1.54, 1.807) is 34.6 Å². The van der Waals surface area contributed by atoms with E-state index in [9.17, 15) is 74.4 Å². The van der Waals surface area contributed by atoms with E-state index in [1.807, 2.05) is 107 Å². The number of ketones is 7. The van der Waals surface area contributed by atoms with Gasteiger partial charge in [0.2, 0.25) is 0 Å². The number of nitrogens with one attached hydrogen (secondary N) is 3.